The maximum atomic E-state index is 12.9. The average molecular weight is 438 g/mol. The molecule has 7 nitrogen and oxygen atoms in total. The molecule has 1 aliphatic rings. The molecule has 31 heavy (non-hydrogen) atoms. The number of hydrogen-bond acceptors (Lipinski definition) is 4. The Morgan fingerprint density at radius 1 is 1.10 bits per heavy atom. The molecule has 158 valence electrons. The molecule has 0 spiro atoms. The average Bonchev–Trinajstić information content (AvgIpc) is 3.42. The number of para-hydroxylation sites is 1. The van der Waals surface area contributed by atoms with Crippen LogP contribution in [0.3, 0.4) is 0 Å². The number of halogens is 1. The van der Waals surface area contributed by atoms with Crippen molar-refractivity contribution in [3.05, 3.63) is 83.3 Å². The summed E-state index contributed by atoms with van der Waals surface area (Å²) in [7, 11) is 0. The SMILES string of the molecule is O=C(NCc1ccco1)c1ccccc1NC(=O)[C@@H]1CC(=O)N(c2cccc(Cl)c2)C1. The summed E-state index contributed by atoms with van der Waals surface area (Å²) in [6, 6.07) is 17.2. The maximum Gasteiger partial charge on any atom is 0.253 e. The Morgan fingerprint density at radius 3 is 2.71 bits per heavy atom. The molecule has 2 heterocycles. The Hall–Kier alpha value is -3.58. The summed E-state index contributed by atoms with van der Waals surface area (Å²) >= 11 is 6.02. The van der Waals surface area contributed by atoms with E-state index in [0.29, 0.717) is 27.7 Å². The summed E-state index contributed by atoms with van der Waals surface area (Å²) in [5.41, 5.74) is 1.38. The first-order valence-electron chi connectivity index (χ1n) is 9.77. The number of amides is 3. The minimum atomic E-state index is -0.536. The summed E-state index contributed by atoms with van der Waals surface area (Å²) in [5.74, 6) is -0.711. The van der Waals surface area contributed by atoms with E-state index in [1.54, 1.807) is 65.6 Å². The zero-order valence-corrected chi connectivity index (χ0v) is 17.3. The van der Waals surface area contributed by atoms with Crippen LogP contribution in [0.5, 0.6) is 0 Å². The van der Waals surface area contributed by atoms with Crippen molar-refractivity contribution in [1.82, 2.24) is 5.32 Å². The second-order valence-electron chi connectivity index (χ2n) is 7.18. The quantitative estimate of drug-likeness (QED) is 0.612. The smallest absolute Gasteiger partial charge is 0.253 e. The van der Waals surface area contributed by atoms with E-state index in [1.807, 2.05) is 0 Å². The third-order valence-electron chi connectivity index (χ3n) is 5.05. The lowest BCUT2D eigenvalue weighted by Gasteiger charge is -2.17. The number of anilines is 2. The molecule has 2 aromatic carbocycles. The van der Waals surface area contributed by atoms with Gasteiger partial charge in [0, 0.05) is 23.7 Å². The molecule has 0 bridgehead atoms. The van der Waals surface area contributed by atoms with Gasteiger partial charge in [-0.3, -0.25) is 14.4 Å². The van der Waals surface area contributed by atoms with Crippen LogP contribution >= 0.6 is 11.6 Å². The molecule has 0 saturated carbocycles. The molecule has 1 saturated heterocycles. The van der Waals surface area contributed by atoms with E-state index >= 15 is 0 Å². The molecule has 0 unspecified atom stereocenters. The van der Waals surface area contributed by atoms with Gasteiger partial charge in [-0.25, -0.2) is 0 Å². The van der Waals surface area contributed by atoms with Gasteiger partial charge in [0.1, 0.15) is 5.76 Å². The fourth-order valence-electron chi connectivity index (χ4n) is 3.48. The van der Waals surface area contributed by atoms with Gasteiger partial charge in [0.05, 0.1) is 30.0 Å². The van der Waals surface area contributed by atoms with E-state index in [1.165, 1.54) is 6.26 Å². The number of rotatable bonds is 6. The largest absolute Gasteiger partial charge is 0.467 e. The van der Waals surface area contributed by atoms with Crippen LogP contribution in [0.1, 0.15) is 22.5 Å². The van der Waals surface area contributed by atoms with Gasteiger partial charge >= 0.3 is 0 Å². The zero-order valence-electron chi connectivity index (χ0n) is 16.5. The van der Waals surface area contributed by atoms with Crippen LogP contribution in [-0.2, 0) is 16.1 Å². The van der Waals surface area contributed by atoms with E-state index in [0.717, 1.165) is 0 Å². The third kappa shape index (κ3) is 4.78. The minimum Gasteiger partial charge on any atom is -0.467 e. The molecule has 0 radical (unpaired) electrons. The monoisotopic (exact) mass is 437 g/mol. The lowest BCUT2D eigenvalue weighted by Crippen LogP contribution is -2.29. The highest BCUT2D eigenvalue weighted by molar-refractivity contribution is 6.31. The molecular formula is C23H20ClN3O4. The second kappa shape index (κ2) is 9.06. The lowest BCUT2D eigenvalue weighted by molar-refractivity contribution is -0.122. The van der Waals surface area contributed by atoms with Crippen LogP contribution < -0.4 is 15.5 Å². The highest BCUT2D eigenvalue weighted by Gasteiger charge is 2.35. The Labute approximate surface area is 184 Å². The van der Waals surface area contributed by atoms with Gasteiger partial charge in [-0.05, 0) is 42.5 Å². The minimum absolute atomic E-state index is 0.0885. The molecule has 0 aliphatic carbocycles. The van der Waals surface area contributed by atoms with Crippen LogP contribution in [0.4, 0.5) is 11.4 Å². The fraction of sp³-hybridized carbons (Fsp3) is 0.174. The molecule has 1 aliphatic heterocycles. The molecule has 8 heteroatoms. The topological polar surface area (TPSA) is 91.6 Å². The van der Waals surface area contributed by atoms with Crippen LogP contribution in [0.15, 0.2) is 71.3 Å². The molecule has 1 fully saturated rings. The number of furan rings is 1. The van der Waals surface area contributed by atoms with Crippen LogP contribution in [-0.4, -0.2) is 24.3 Å². The first kappa shape index (κ1) is 20.7. The van der Waals surface area contributed by atoms with E-state index in [9.17, 15) is 14.4 Å². The Morgan fingerprint density at radius 2 is 1.94 bits per heavy atom. The first-order chi connectivity index (χ1) is 15.0. The van der Waals surface area contributed by atoms with Crippen molar-refractivity contribution in [3.8, 4) is 0 Å². The van der Waals surface area contributed by atoms with Crippen molar-refractivity contribution in [3.63, 3.8) is 0 Å². The van der Waals surface area contributed by atoms with Crippen molar-refractivity contribution in [1.29, 1.82) is 0 Å². The third-order valence-corrected chi connectivity index (χ3v) is 5.28. The van der Waals surface area contributed by atoms with E-state index in [2.05, 4.69) is 10.6 Å². The number of nitrogens with zero attached hydrogens (tertiary/aromatic N) is 1. The Balaban J connectivity index is 1.43. The summed E-state index contributed by atoms with van der Waals surface area (Å²) in [4.78, 5) is 39.5. The number of carbonyl (C=O) groups is 3. The van der Waals surface area contributed by atoms with Gasteiger partial charge in [-0.2, -0.15) is 0 Å². The number of nitrogens with one attached hydrogen (secondary N) is 2. The molecule has 3 amide bonds. The van der Waals surface area contributed by atoms with E-state index < -0.39 is 5.92 Å². The van der Waals surface area contributed by atoms with Gasteiger partial charge in [-0.1, -0.05) is 29.8 Å². The van der Waals surface area contributed by atoms with Crippen molar-refractivity contribution >= 4 is 40.7 Å². The number of carbonyl (C=O) groups excluding carboxylic acids is 3. The van der Waals surface area contributed by atoms with Gasteiger partial charge in [0.2, 0.25) is 11.8 Å². The molecule has 2 N–H and O–H groups in total. The van der Waals surface area contributed by atoms with Gasteiger partial charge in [-0.15, -0.1) is 0 Å². The Bertz CT molecular complexity index is 1110. The highest BCUT2D eigenvalue weighted by Crippen LogP contribution is 2.28. The molecule has 4 rings (SSSR count). The van der Waals surface area contributed by atoms with E-state index in [4.69, 9.17) is 16.0 Å². The predicted molar refractivity (Wildman–Crippen MR) is 117 cm³/mol. The molecule has 3 aromatic rings. The summed E-state index contributed by atoms with van der Waals surface area (Å²) in [5, 5.41) is 6.09. The second-order valence-corrected chi connectivity index (χ2v) is 7.62. The fourth-order valence-corrected chi connectivity index (χ4v) is 3.66. The van der Waals surface area contributed by atoms with Crippen LogP contribution in [0.2, 0.25) is 5.02 Å². The summed E-state index contributed by atoms with van der Waals surface area (Å²) < 4.78 is 5.22. The van der Waals surface area contributed by atoms with Crippen molar-refractivity contribution in [2.24, 2.45) is 5.92 Å². The molecular weight excluding hydrogens is 418 g/mol. The van der Waals surface area contributed by atoms with Crippen molar-refractivity contribution in [2.75, 3.05) is 16.8 Å². The van der Waals surface area contributed by atoms with Crippen LogP contribution in [0.25, 0.3) is 0 Å². The summed E-state index contributed by atoms with van der Waals surface area (Å²) in [6.45, 7) is 0.484. The zero-order chi connectivity index (χ0) is 21.8. The predicted octanol–water partition coefficient (Wildman–Crippen LogP) is 3.85. The first-order valence-corrected chi connectivity index (χ1v) is 10.2. The molecule has 1 atom stereocenters. The lowest BCUT2D eigenvalue weighted by atomic mass is 10.1. The van der Waals surface area contributed by atoms with Gasteiger partial charge < -0.3 is 20.0 Å². The Kier molecular flexibility index (Phi) is 6.04. The molecule has 1 aromatic heterocycles. The van der Waals surface area contributed by atoms with Gasteiger partial charge in [0.15, 0.2) is 0 Å². The maximum absolute atomic E-state index is 12.9. The van der Waals surface area contributed by atoms with Crippen molar-refractivity contribution < 1.29 is 18.8 Å². The van der Waals surface area contributed by atoms with E-state index in [-0.39, 0.29) is 37.2 Å². The summed E-state index contributed by atoms with van der Waals surface area (Å²) in [6.07, 6.45) is 1.62. The van der Waals surface area contributed by atoms with Crippen LogP contribution in [0, 0.1) is 5.92 Å². The highest BCUT2D eigenvalue weighted by atomic mass is 35.5. The van der Waals surface area contributed by atoms with Crippen molar-refractivity contribution in [2.45, 2.75) is 13.0 Å². The normalized spacial score (nSPS) is 15.7. The number of hydrogen-bond donors (Lipinski definition) is 2. The van der Waals surface area contributed by atoms with Gasteiger partial charge in [0.25, 0.3) is 5.91 Å². The standard InChI is InChI=1S/C23H20ClN3O4/c24-16-5-3-6-17(12-16)27-14-15(11-21(27)28)22(29)26-20-9-2-1-8-19(20)23(30)25-13-18-7-4-10-31-18/h1-10,12,15H,11,13-14H2,(H,25,30)(H,26,29)/t15-/m1/s1. The number of benzene rings is 2.